The Morgan fingerprint density at radius 3 is 2.75 bits per heavy atom. The van der Waals surface area contributed by atoms with E-state index in [1.54, 1.807) is 7.05 Å². The third kappa shape index (κ3) is 3.22. The molecule has 3 heterocycles. The van der Waals surface area contributed by atoms with Crippen LogP contribution in [0.15, 0.2) is 23.0 Å². The van der Waals surface area contributed by atoms with Crippen molar-refractivity contribution in [3.8, 4) is 5.75 Å². The van der Waals surface area contributed by atoms with E-state index in [1.165, 1.54) is 27.7 Å². The van der Waals surface area contributed by atoms with Gasteiger partial charge in [0.1, 0.15) is 11.2 Å². The lowest BCUT2D eigenvalue weighted by Crippen LogP contribution is -2.37. The lowest BCUT2D eigenvalue weighted by Gasteiger charge is -2.25. The predicted molar refractivity (Wildman–Crippen MR) is 114 cm³/mol. The molecule has 11 heteroatoms. The number of aromatic nitrogens is 3. The number of hydrogen-bond acceptors (Lipinski definition) is 5. The van der Waals surface area contributed by atoms with Crippen molar-refractivity contribution in [3.63, 3.8) is 0 Å². The Labute approximate surface area is 186 Å². The molecule has 1 saturated carbocycles. The first-order chi connectivity index (χ1) is 15.3. The van der Waals surface area contributed by atoms with E-state index in [0.717, 1.165) is 17.5 Å². The van der Waals surface area contributed by atoms with Crippen LogP contribution in [0.5, 0.6) is 5.75 Å². The van der Waals surface area contributed by atoms with Gasteiger partial charge in [0.25, 0.3) is 17.4 Å². The number of fused-ring (bicyclic) bond motifs is 3. The van der Waals surface area contributed by atoms with Gasteiger partial charge in [-0.2, -0.15) is 5.10 Å². The third-order valence-corrected chi connectivity index (χ3v) is 6.07. The van der Waals surface area contributed by atoms with Crippen LogP contribution in [0, 0.1) is 5.82 Å². The molecule has 2 aromatic heterocycles. The Kier molecular flexibility index (Phi) is 4.70. The van der Waals surface area contributed by atoms with Crippen LogP contribution in [0.3, 0.4) is 0 Å². The zero-order chi connectivity index (χ0) is 22.7. The van der Waals surface area contributed by atoms with Gasteiger partial charge in [-0.1, -0.05) is 17.7 Å². The lowest BCUT2D eigenvalue weighted by atomic mass is 10.2. The number of likely N-dealkylation sites (N-methyl/N-ethyl adjacent to an activating group) is 1. The predicted octanol–water partition coefficient (Wildman–Crippen LogP) is 1.72. The minimum Gasteiger partial charge on any atom is -0.505 e. The fourth-order valence-corrected chi connectivity index (χ4v) is 4.12. The number of carbonyl (C=O) groups excluding carboxylic acids is 2. The second-order valence-electron chi connectivity index (χ2n) is 8.11. The molecule has 1 fully saturated rings. The smallest absolute Gasteiger partial charge is 0.280 e. The normalized spacial score (nSPS) is 15.8. The molecule has 5 rings (SSSR count). The van der Waals surface area contributed by atoms with Crippen molar-refractivity contribution in [3.05, 3.63) is 56.3 Å². The Bertz CT molecular complexity index is 1360. The maximum Gasteiger partial charge on any atom is 0.280 e. The number of halogens is 2. The topological polar surface area (TPSA) is 109 Å². The molecule has 0 atom stereocenters. The van der Waals surface area contributed by atoms with E-state index in [2.05, 4.69) is 10.4 Å². The number of carbonyl (C=O) groups is 2. The van der Waals surface area contributed by atoms with E-state index in [4.69, 9.17) is 11.6 Å². The maximum atomic E-state index is 13.5. The van der Waals surface area contributed by atoms with Gasteiger partial charge in [0.05, 0.1) is 17.1 Å². The molecule has 0 bridgehead atoms. The van der Waals surface area contributed by atoms with Crippen LogP contribution in [0.25, 0.3) is 10.9 Å². The average Bonchev–Trinajstić information content (AvgIpc) is 3.51. The number of nitrogens with zero attached hydrogens (tertiary/aromatic N) is 4. The van der Waals surface area contributed by atoms with E-state index in [1.807, 2.05) is 0 Å². The monoisotopic (exact) mass is 459 g/mol. The minimum absolute atomic E-state index is 0.0350. The summed E-state index contributed by atoms with van der Waals surface area (Å²) in [5.41, 5.74) is -0.152. The molecule has 2 N–H and O–H groups in total. The molecule has 1 aliphatic carbocycles. The van der Waals surface area contributed by atoms with E-state index in [0.29, 0.717) is 18.7 Å². The SMILES string of the molecule is CN1CCn2c(c(O)c3c(=O)n(Cc4ccc(F)c(Cl)c4)nc(C(=O)NC4CC4)c32)C1=O. The zero-order valence-corrected chi connectivity index (χ0v) is 17.8. The lowest BCUT2D eigenvalue weighted by molar-refractivity contribution is 0.0746. The van der Waals surface area contributed by atoms with Crippen LogP contribution in [0.1, 0.15) is 39.4 Å². The van der Waals surface area contributed by atoms with Crippen molar-refractivity contribution >= 4 is 34.3 Å². The molecule has 1 aromatic carbocycles. The summed E-state index contributed by atoms with van der Waals surface area (Å²) in [6.45, 7) is 0.555. The maximum absolute atomic E-state index is 13.5. The molecule has 166 valence electrons. The van der Waals surface area contributed by atoms with Crippen LogP contribution < -0.4 is 10.9 Å². The van der Waals surface area contributed by atoms with Crippen molar-refractivity contribution < 1.29 is 19.1 Å². The molecular formula is C21H19ClFN5O4. The number of nitrogens with one attached hydrogen (secondary N) is 1. The largest absolute Gasteiger partial charge is 0.505 e. The highest BCUT2D eigenvalue weighted by molar-refractivity contribution is 6.30. The second kappa shape index (κ2) is 7.33. The summed E-state index contributed by atoms with van der Waals surface area (Å²) < 4.78 is 16.0. The molecule has 1 aliphatic heterocycles. The number of rotatable bonds is 4. The summed E-state index contributed by atoms with van der Waals surface area (Å²) in [7, 11) is 1.60. The van der Waals surface area contributed by atoms with Crippen molar-refractivity contribution in [1.29, 1.82) is 0 Å². The van der Waals surface area contributed by atoms with Crippen molar-refractivity contribution in [2.45, 2.75) is 32.0 Å². The van der Waals surface area contributed by atoms with Crippen LogP contribution in [0.4, 0.5) is 4.39 Å². The molecule has 3 aromatic rings. The average molecular weight is 460 g/mol. The van der Waals surface area contributed by atoms with Crippen molar-refractivity contribution in [1.82, 2.24) is 24.6 Å². The Morgan fingerprint density at radius 1 is 1.31 bits per heavy atom. The first-order valence-electron chi connectivity index (χ1n) is 10.1. The molecule has 32 heavy (non-hydrogen) atoms. The number of aromatic hydroxyl groups is 1. The first-order valence-corrected chi connectivity index (χ1v) is 10.5. The highest BCUT2D eigenvalue weighted by Crippen LogP contribution is 2.34. The molecule has 0 unspecified atom stereocenters. The van der Waals surface area contributed by atoms with E-state index in [-0.39, 0.29) is 39.9 Å². The summed E-state index contributed by atoms with van der Waals surface area (Å²) in [4.78, 5) is 40.4. The Balaban J connectivity index is 1.73. The van der Waals surface area contributed by atoms with Gasteiger partial charge in [0.15, 0.2) is 17.1 Å². The highest BCUT2D eigenvalue weighted by Gasteiger charge is 2.35. The number of hydrogen-bond donors (Lipinski definition) is 2. The third-order valence-electron chi connectivity index (χ3n) is 5.78. The fraction of sp³-hybridized carbons (Fsp3) is 0.333. The van der Waals surface area contributed by atoms with Gasteiger partial charge < -0.3 is 19.9 Å². The standard InChI is InChI=1S/C21H19ClFN5O4/c1-26-6-7-27-16-14(18(29)17(27)21(26)32)20(31)28(9-10-2-5-13(23)12(22)8-10)25-15(16)19(30)24-11-3-4-11/h2,5,8,11,29H,3-4,6-7,9H2,1H3,(H,24,30). The van der Waals surface area contributed by atoms with Gasteiger partial charge in [-0.25, -0.2) is 9.07 Å². The quantitative estimate of drug-likeness (QED) is 0.617. The Hall–Kier alpha value is -3.40. The van der Waals surface area contributed by atoms with E-state index >= 15 is 0 Å². The van der Waals surface area contributed by atoms with E-state index in [9.17, 15) is 23.9 Å². The number of amides is 2. The van der Waals surface area contributed by atoms with Gasteiger partial charge in [0, 0.05) is 26.2 Å². The first kappa shape index (κ1) is 20.5. The molecule has 0 saturated heterocycles. The molecule has 0 radical (unpaired) electrons. The molecule has 2 aliphatic rings. The summed E-state index contributed by atoms with van der Waals surface area (Å²) in [5.74, 6) is -2.02. The van der Waals surface area contributed by atoms with Gasteiger partial charge >= 0.3 is 0 Å². The molecular weight excluding hydrogens is 441 g/mol. The second-order valence-corrected chi connectivity index (χ2v) is 8.51. The van der Waals surface area contributed by atoms with Crippen molar-refractivity contribution in [2.75, 3.05) is 13.6 Å². The number of benzene rings is 1. The van der Waals surface area contributed by atoms with Crippen LogP contribution >= 0.6 is 11.6 Å². The van der Waals surface area contributed by atoms with E-state index < -0.39 is 28.9 Å². The van der Waals surface area contributed by atoms with Gasteiger partial charge in [-0.3, -0.25) is 14.4 Å². The van der Waals surface area contributed by atoms with Crippen LogP contribution in [-0.2, 0) is 13.1 Å². The summed E-state index contributed by atoms with van der Waals surface area (Å²) in [6.07, 6.45) is 1.70. The molecule has 0 spiro atoms. The Morgan fingerprint density at radius 2 is 2.06 bits per heavy atom. The fourth-order valence-electron chi connectivity index (χ4n) is 3.92. The van der Waals surface area contributed by atoms with Crippen LogP contribution in [-0.4, -0.2) is 55.8 Å². The van der Waals surface area contributed by atoms with Gasteiger partial charge in [0.2, 0.25) is 0 Å². The summed E-state index contributed by atoms with van der Waals surface area (Å²) >= 11 is 5.85. The van der Waals surface area contributed by atoms with Gasteiger partial charge in [-0.05, 0) is 30.5 Å². The minimum atomic E-state index is -0.668. The molecule has 9 nitrogen and oxygen atoms in total. The van der Waals surface area contributed by atoms with Crippen LogP contribution in [0.2, 0.25) is 5.02 Å². The zero-order valence-electron chi connectivity index (χ0n) is 17.1. The summed E-state index contributed by atoms with van der Waals surface area (Å²) in [5, 5.41) is 17.7. The van der Waals surface area contributed by atoms with Crippen molar-refractivity contribution in [2.24, 2.45) is 0 Å². The summed E-state index contributed by atoms with van der Waals surface area (Å²) in [6, 6.07) is 4.02. The van der Waals surface area contributed by atoms with Gasteiger partial charge in [-0.15, -0.1) is 0 Å². The molecule has 2 amide bonds. The highest BCUT2D eigenvalue weighted by atomic mass is 35.5.